The summed E-state index contributed by atoms with van der Waals surface area (Å²) in [6.07, 6.45) is 1.36. The Labute approximate surface area is 133 Å². The molecule has 0 aromatic heterocycles. The highest BCUT2D eigenvalue weighted by Gasteiger charge is 2.28. The van der Waals surface area contributed by atoms with Gasteiger partial charge in [0.05, 0.1) is 6.04 Å². The van der Waals surface area contributed by atoms with Crippen LogP contribution in [-0.2, 0) is 9.59 Å². The number of nitrogens with two attached hydrogens (primary N) is 1. The highest BCUT2D eigenvalue weighted by Crippen LogP contribution is 2.21. The summed E-state index contributed by atoms with van der Waals surface area (Å²) in [7, 11) is 0. The smallest absolute Gasteiger partial charge is 0.239 e. The number of anilines is 1. The van der Waals surface area contributed by atoms with E-state index in [4.69, 9.17) is 5.73 Å². The van der Waals surface area contributed by atoms with Crippen molar-refractivity contribution in [3.63, 3.8) is 0 Å². The minimum atomic E-state index is -0.475. The summed E-state index contributed by atoms with van der Waals surface area (Å²) in [6, 6.07) is 7.04. The van der Waals surface area contributed by atoms with Crippen LogP contribution < -0.4 is 11.1 Å². The molecule has 1 saturated heterocycles. The van der Waals surface area contributed by atoms with E-state index in [2.05, 4.69) is 21.2 Å². The number of nitrogens with one attached hydrogen (secondary N) is 1. The van der Waals surface area contributed by atoms with E-state index in [0.717, 1.165) is 10.2 Å². The predicted molar refractivity (Wildman–Crippen MR) is 85.7 cm³/mol. The van der Waals surface area contributed by atoms with Gasteiger partial charge in [-0.1, -0.05) is 22.0 Å². The minimum absolute atomic E-state index is 0.0148. The molecule has 0 unspecified atom stereocenters. The molecule has 1 fully saturated rings. The third kappa shape index (κ3) is 4.28. The number of likely N-dealkylation sites (tertiary alicyclic amines) is 1. The van der Waals surface area contributed by atoms with Gasteiger partial charge in [-0.25, -0.2) is 0 Å². The van der Waals surface area contributed by atoms with E-state index in [0.29, 0.717) is 25.9 Å². The second-order valence-electron chi connectivity index (χ2n) is 5.39. The van der Waals surface area contributed by atoms with Crippen molar-refractivity contribution in [3.8, 4) is 0 Å². The highest BCUT2D eigenvalue weighted by molar-refractivity contribution is 9.10. The topological polar surface area (TPSA) is 75.4 Å². The standard InChI is InChI=1S/C15H20BrN3O2/c1-10(17)15(21)19-7-5-11(6-8-19)14(20)18-13-4-2-3-12(16)9-13/h2-4,9-11H,5-8,17H2,1H3,(H,18,20)/t10-/m1/s1. The first-order chi connectivity index (χ1) is 9.97. The van der Waals surface area contributed by atoms with E-state index in [1.807, 2.05) is 24.3 Å². The van der Waals surface area contributed by atoms with Crippen molar-refractivity contribution in [2.45, 2.75) is 25.8 Å². The Kier molecular flexibility index (Phi) is 5.36. The fourth-order valence-corrected chi connectivity index (χ4v) is 2.86. The fraction of sp³-hybridized carbons (Fsp3) is 0.467. The highest BCUT2D eigenvalue weighted by atomic mass is 79.9. The number of hydrogen-bond acceptors (Lipinski definition) is 3. The third-order valence-corrected chi connectivity index (χ3v) is 4.15. The molecule has 0 aliphatic carbocycles. The lowest BCUT2D eigenvalue weighted by Crippen LogP contribution is -2.47. The Morgan fingerprint density at radius 3 is 2.62 bits per heavy atom. The molecule has 3 N–H and O–H groups in total. The average Bonchev–Trinajstić information content (AvgIpc) is 2.46. The Morgan fingerprint density at radius 2 is 2.05 bits per heavy atom. The second kappa shape index (κ2) is 7.04. The maximum Gasteiger partial charge on any atom is 0.239 e. The summed E-state index contributed by atoms with van der Waals surface area (Å²) >= 11 is 3.38. The van der Waals surface area contributed by atoms with Crippen LogP contribution in [0, 0.1) is 5.92 Å². The van der Waals surface area contributed by atoms with Gasteiger partial charge in [-0.2, -0.15) is 0 Å². The summed E-state index contributed by atoms with van der Waals surface area (Å²) in [5, 5.41) is 2.92. The summed E-state index contributed by atoms with van der Waals surface area (Å²) in [5.41, 5.74) is 6.38. The van der Waals surface area contributed by atoms with Crippen molar-refractivity contribution >= 4 is 33.4 Å². The van der Waals surface area contributed by atoms with E-state index in [9.17, 15) is 9.59 Å². The van der Waals surface area contributed by atoms with Crippen LogP contribution >= 0.6 is 15.9 Å². The van der Waals surface area contributed by atoms with Crippen LogP contribution in [0.25, 0.3) is 0 Å². The van der Waals surface area contributed by atoms with Gasteiger partial charge in [0.15, 0.2) is 0 Å². The number of amides is 2. The van der Waals surface area contributed by atoms with Gasteiger partial charge in [0.2, 0.25) is 11.8 Å². The van der Waals surface area contributed by atoms with Crippen molar-refractivity contribution in [2.24, 2.45) is 11.7 Å². The van der Waals surface area contributed by atoms with Crippen molar-refractivity contribution in [1.29, 1.82) is 0 Å². The van der Waals surface area contributed by atoms with Gasteiger partial charge < -0.3 is 16.0 Å². The second-order valence-corrected chi connectivity index (χ2v) is 6.30. The molecule has 0 spiro atoms. The Bertz CT molecular complexity index is 525. The zero-order valence-electron chi connectivity index (χ0n) is 12.0. The summed E-state index contributed by atoms with van der Waals surface area (Å²) in [5.74, 6) is -0.0806. The fourth-order valence-electron chi connectivity index (χ4n) is 2.46. The van der Waals surface area contributed by atoms with E-state index in [-0.39, 0.29) is 17.7 Å². The summed E-state index contributed by atoms with van der Waals surface area (Å²) in [4.78, 5) is 25.8. The number of carbonyl (C=O) groups is 2. The van der Waals surface area contributed by atoms with Crippen LogP contribution in [0.2, 0.25) is 0 Å². The molecule has 1 atom stereocenters. The largest absolute Gasteiger partial charge is 0.341 e. The van der Waals surface area contributed by atoms with Gasteiger partial charge in [-0.05, 0) is 38.0 Å². The van der Waals surface area contributed by atoms with Crippen molar-refractivity contribution in [1.82, 2.24) is 4.90 Å². The van der Waals surface area contributed by atoms with Crippen LogP contribution in [0.5, 0.6) is 0 Å². The van der Waals surface area contributed by atoms with E-state index in [1.165, 1.54) is 0 Å². The summed E-state index contributed by atoms with van der Waals surface area (Å²) in [6.45, 7) is 2.88. The maximum absolute atomic E-state index is 12.2. The molecule has 5 nitrogen and oxygen atoms in total. The number of halogens is 1. The van der Waals surface area contributed by atoms with Crippen LogP contribution in [-0.4, -0.2) is 35.8 Å². The third-order valence-electron chi connectivity index (χ3n) is 3.66. The average molecular weight is 354 g/mol. The lowest BCUT2D eigenvalue weighted by atomic mass is 9.95. The first kappa shape index (κ1) is 16.0. The number of nitrogens with zero attached hydrogens (tertiary/aromatic N) is 1. The molecule has 6 heteroatoms. The number of piperidine rings is 1. The maximum atomic E-state index is 12.2. The number of hydrogen-bond donors (Lipinski definition) is 2. The molecule has 0 saturated carbocycles. The molecule has 2 rings (SSSR count). The molecule has 1 heterocycles. The van der Waals surface area contributed by atoms with Gasteiger partial charge in [0.25, 0.3) is 0 Å². The van der Waals surface area contributed by atoms with Crippen molar-refractivity contribution in [3.05, 3.63) is 28.7 Å². The molecule has 1 aliphatic heterocycles. The van der Waals surface area contributed by atoms with Crippen LogP contribution in [0.1, 0.15) is 19.8 Å². The van der Waals surface area contributed by atoms with Crippen LogP contribution in [0.4, 0.5) is 5.69 Å². The van der Waals surface area contributed by atoms with Gasteiger partial charge in [-0.3, -0.25) is 9.59 Å². The number of rotatable bonds is 3. The molecule has 1 aliphatic rings. The molecule has 21 heavy (non-hydrogen) atoms. The molecule has 0 radical (unpaired) electrons. The van der Waals surface area contributed by atoms with Crippen LogP contribution in [0.15, 0.2) is 28.7 Å². The molecule has 114 valence electrons. The molecule has 1 aromatic rings. The van der Waals surface area contributed by atoms with Crippen LogP contribution in [0.3, 0.4) is 0 Å². The normalized spacial score (nSPS) is 17.4. The number of benzene rings is 1. The Hall–Kier alpha value is -1.40. The Balaban J connectivity index is 1.87. The minimum Gasteiger partial charge on any atom is -0.341 e. The molecule has 0 bridgehead atoms. The first-order valence-electron chi connectivity index (χ1n) is 7.08. The first-order valence-corrected chi connectivity index (χ1v) is 7.87. The summed E-state index contributed by atoms with van der Waals surface area (Å²) < 4.78 is 0.928. The molecule has 2 amide bonds. The molecule has 1 aromatic carbocycles. The van der Waals surface area contributed by atoms with Gasteiger partial charge in [0, 0.05) is 29.2 Å². The zero-order valence-corrected chi connectivity index (χ0v) is 13.6. The SMILES string of the molecule is C[C@@H](N)C(=O)N1CCC(C(=O)Nc2cccc(Br)c2)CC1. The van der Waals surface area contributed by atoms with Gasteiger partial charge >= 0.3 is 0 Å². The van der Waals surface area contributed by atoms with Gasteiger partial charge in [0.1, 0.15) is 0 Å². The van der Waals surface area contributed by atoms with Gasteiger partial charge in [-0.15, -0.1) is 0 Å². The lowest BCUT2D eigenvalue weighted by molar-refractivity contribution is -0.135. The van der Waals surface area contributed by atoms with E-state index >= 15 is 0 Å². The monoisotopic (exact) mass is 353 g/mol. The zero-order chi connectivity index (χ0) is 15.4. The quantitative estimate of drug-likeness (QED) is 0.872. The number of carbonyl (C=O) groups excluding carboxylic acids is 2. The van der Waals surface area contributed by atoms with E-state index < -0.39 is 6.04 Å². The lowest BCUT2D eigenvalue weighted by Gasteiger charge is -2.32. The predicted octanol–water partition coefficient (Wildman–Crippen LogP) is 1.97. The Morgan fingerprint density at radius 1 is 1.38 bits per heavy atom. The van der Waals surface area contributed by atoms with Crippen molar-refractivity contribution in [2.75, 3.05) is 18.4 Å². The van der Waals surface area contributed by atoms with Crippen molar-refractivity contribution < 1.29 is 9.59 Å². The van der Waals surface area contributed by atoms with E-state index in [1.54, 1.807) is 11.8 Å². The molecular weight excluding hydrogens is 334 g/mol. The molecular formula is C15H20BrN3O2.